The van der Waals surface area contributed by atoms with Gasteiger partial charge in [0.15, 0.2) is 5.58 Å². The van der Waals surface area contributed by atoms with E-state index in [-0.39, 0.29) is 0 Å². The van der Waals surface area contributed by atoms with Crippen LogP contribution >= 0.6 is 12.2 Å². The summed E-state index contributed by atoms with van der Waals surface area (Å²) in [5, 5.41) is 0. The van der Waals surface area contributed by atoms with Crippen LogP contribution in [-0.4, -0.2) is 4.98 Å². The fourth-order valence-electron chi connectivity index (χ4n) is 1.22. The van der Waals surface area contributed by atoms with Crippen molar-refractivity contribution in [1.29, 1.82) is 0 Å². The quantitative estimate of drug-likeness (QED) is 0.723. The molecule has 1 N–H and O–H groups in total. The van der Waals surface area contributed by atoms with Crippen LogP contribution in [0.2, 0.25) is 0 Å². The van der Waals surface area contributed by atoms with Crippen LogP contribution in [0.3, 0.4) is 0 Å². The maximum absolute atomic E-state index is 5.23. The number of fused-ring (bicyclic) bond motifs is 1. The first-order valence-corrected chi connectivity index (χ1v) is 5.73. The number of hydrogen-bond donors (Lipinski definition) is 1. The van der Waals surface area contributed by atoms with Gasteiger partial charge < -0.3 is 9.40 Å². The second kappa shape index (κ2) is 5.71. The van der Waals surface area contributed by atoms with E-state index in [4.69, 9.17) is 16.6 Å². The van der Waals surface area contributed by atoms with Gasteiger partial charge in [0.25, 0.3) is 4.84 Å². The van der Waals surface area contributed by atoms with Gasteiger partial charge in [-0.3, -0.25) is 0 Å². The molecule has 0 aliphatic heterocycles. The van der Waals surface area contributed by atoms with E-state index in [0.29, 0.717) is 4.84 Å². The molecule has 0 saturated carbocycles. The fourth-order valence-corrected chi connectivity index (χ4v) is 1.42. The second-order valence-corrected chi connectivity index (χ2v) is 3.78. The highest BCUT2D eigenvalue weighted by Crippen LogP contribution is 2.15. The summed E-state index contributed by atoms with van der Waals surface area (Å²) in [4.78, 5) is 3.42. The Hall–Kier alpha value is -1.09. The zero-order valence-electron chi connectivity index (χ0n) is 9.46. The van der Waals surface area contributed by atoms with E-state index in [9.17, 15) is 0 Å². The number of nitrogens with one attached hydrogen (secondary N) is 1. The van der Waals surface area contributed by atoms with Crippen LogP contribution in [0.4, 0.5) is 0 Å². The molecule has 0 bridgehead atoms. The smallest absolute Gasteiger partial charge is 0.266 e. The molecule has 0 radical (unpaired) electrons. The Kier molecular flexibility index (Phi) is 4.56. The maximum Gasteiger partial charge on any atom is 0.266 e. The van der Waals surface area contributed by atoms with Crippen molar-refractivity contribution in [3.05, 3.63) is 28.6 Å². The molecular formula is C12H17NOS. The van der Waals surface area contributed by atoms with E-state index in [1.54, 1.807) is 0 Å². The molecule has 0 atom stereocenters. The number of H-pyrrole nitrogens is 1. The van der Waals surface area contributed by atoms with Crippen LogP contribution in [0.25, 0.3) is 11.1 Å². The SMILES string of the molecule is CCC.CCc1ccc2oc(=S)[nH]c2c1. The summed E-state index contributed by atoms with van der Waals surface area (Å²) in [7, 11) is 0. The van der Waals surface area contributed by atoms with E-state index in [2.05, 4.69) is 37.9 Å². The van der Waals surface area contributed by atoms with Gasteiger partial charge in [-0.2, -0.15) is 0 Å². The molecular weight excluding hydrogens is 206 g/mol. The third-order valence-electron chi connectivity index (χ3n) is 1.89. The largest absolute Gasteiger partial charge is 0.429 e. The van der Waals surface area contributed by atoms with E-state index < -0.39 is 0 Å². The van der Waals surface area contributed by atoms with Crippen LogP contribution in [0.15, 0.2) is 22.6 Å². The summed E-state index contributed by atoms with van der Waals surface area (Å²) in [5.41, 5.74) is 3.10. The highest BCUT2D eigenvalue weighted by molar-refractivity contribution is 7.71. The molecule has 0 fully saturated rings. The Bertz CT molecular complexity index is 470. The number of rotatable bonds is 1. The summed E-state index contributed by atoms with van der Waals surface area (Å²) < 4.78 is 5.23. The lowest BCUT2D eigenvalue weighted by atomic mass is 10.1. The van der Waals surface area contributed by atoms with Crippen molar-refractivity contribution in [2.75, 3.05) is 0 Å². The molecule has 0 saturated heterocycles. The molecule has 1 heterocycles. The fraction of sp³-hybridized carbons (Fsp3) is 0.417. The molecule has 0 aliphatic carbocycles. The van der Waals surface area contributed by atoms with Crippen molar-refractivity contribution in [3.8, 4) is 0 Å². The molecule has 2 nitrogen and oxygen atoms in total. The predicted molar refractivity (Wildman–Crippen MR) is 66.7 cm³/mol. The van der Waals surface area contributed by atoms with Gasteiger partial charge in [-0.25, -0.2) is 0 Å². The minimum absolute atomic E-state index is 0.443. The van der Waals surface area contributed by atoms with Gasteiger partial charge in [0, 0.05) is 0 Å². The average molecular weight is 223 g/mol. The number of aromatic nitrogens is 1. The third-order valence-corrected chi connectivity index (χ3v) is 2.08. The minimum atomic E-state index is 0.443. The molecule has 0 amide bonds. The Morgan fingerprint density at radius 3 is 2.53 bits per heavy atom. The maximum atomic E-state index is 5.23. The lowest BCUT2D eigenvalue weighted by molar-refractivity contribution is 0.583. The van der Waals surface area contributed by atoms with Crippen molar-refractivity contribution in [1.82, 2.24) is 4.98 Å². The number of hydrogen-bond acceptors (Lipinski definition) is 2. The van der Waals surface area contributed by atoms with Crippen LogP contribution < -0.4 is 0 Å². The van der Waals surface area contributed by atoms with E-state index >= 15 is 0 Å². The molecule has 15 heavy (non-hydrogen) atoms. The molecule has 0 unspecified atom stereocenters. The molecule has 82 valence electrons. The van der Waals surface area contributed by atoms with Crippen molar-refractivity contribution >= 4 is 23.3 Å². The van der Waals surface area contributed by atoms with E-state index in [1.165, 1.54) is 12.0 Å². The summed E-state index contributed by atoms with van der Waals surface area (Å²) in [5.74, 6) is 0. The topological polar surface area (TPSA) is 28.9 Å². The van der Waals surface area contributed by atoms with Crippen LogP contribution in [0.5, 0.6) is 0 Å². The first-order chi connectivity index (χ1) is 7.21. The monoisotopic (exact) mass is 223 g/mol. The summed E-state index contributed by atoms with van der Waals surface area (Å²) >= 11 is 4.87. The van der Waals surface area contributed by atoms with Gasteiger partial charge in [0.1, 0.15) is 0 Å². The van der Waals surface area contributed by atoms with Gasteiger partial charge in [0.2, 0.25) is 0 Å². The zero-order chi connectivity index (χ0) is 11.3. The molecule has 0 spiro atoms. The molecule has 2 rings (SSSR count). The Labute approximate surface area is 95.3 Å². The van der Waals surface area contributed by atoms with Crippen molar-refractivity contribution in [2.24, 2.45) is 0 Å². The third kappa shape index (κ3) is 3.20. The average Bonchev–Trinajstić information content (AvgIpc) is 2.57. The van der Waals surface area contributed by atoms with Crippen molar-refractivity contribution in [2.45, 2.75) is 33.6 Å². The zero-order valence-corrected chi connectivity index (χ0v) is 10.3. The first kappa shape index (κ1) is 12.0. The highest BCUT2D eigenvalue weighted by Gasteiger charge is 1.98. The number of aromatic amines is 1. The molecule has 2 aromatic rings. The van der Waals surface area contributed by atoms with Crippen LogP contribution in [-0.2, 0) is 6.42 Å². The lowest BCUT2D eigenvalue weighted by Gasteiger charge is -1.93. The molecule has 1 aromatic heterocycles. The molecule has 0 aliphatic rings. The predicted octanol–water partition coefficient (Wildman–Crippen LogP) is 4.47. The van der Waals surface area contributed by atoms with Crippen molar-refractivity contribution in [3.63, 3.8) is 0 Å². The Balaban J connectivity index is 0.000000337. The van der Waals surface area contributed by atoms with Gasteiger partial charge in [0.05, 0.1) is 5.52 Å². The van der Waals surface area contributed by atoms with E-state index in [0.717, 1.165) is 17.5 Å². The lowest BCUT2D eigenvalue weighted by Crippen LogP contribution is -1.77. The Morgan fingerprint density at radius 1 is 1.27 bits per heavy atom. The van der Waals surface area contributed by atoms with Crippen LogP contribution in [0, 0.1) is 4.84 Å². The summed E-state index contributed by atoms with van der Waals surface area (Å²) in [6.45, 7) is 6.37. The molecule has 1 aromatic carbocycles. The second-order valence-electron chi connectivity index (χ2n) is 3.41. The van der Waals surface area contributed by atoms with Gasteiger partial charge in [-0.1, -0.05) is 33.3 Å². The van der Waals surface area contributed by atoms with Crippen LogP contribution in [0.1, 0.15) is 32.8 Å². The highest BCUT2D eigenvalue weighted by atomic mass is 32.1. The number of oxazole rings is 1. The number of aryl methyl sites for hydroxylation is 1. The normalized spacial score (nSPS) is 9.80. The first-order valence-electron chi connectivity index (χ1n) is 5.33. The molecule has 3 heteroatoms. The standard InChI is InChI=1S/C9H9NOS.C3H8/c1-2-6-3-4-8-7(5-6)10-9(12)11-8;1-3-2/h3-5H,2H2,1H3,(H,10,12);3H2,1-2H3. The Morgan fingerprint density at radius 2 is 1.93 bits per heavy atom. The van der Waals surface area contributed by atoms with Gasteiger partial charge >= 0.3 is 0 Å². The minimum Gasteiger partial charge on any atom is -0.429 e. The van der Waals surface area contributed by atoms with Gasteiger partial charge in [-0.05, 0) is 36.3 Å². The van der Waals surface area contributed by atoms with Crippen molar-refractivity contribution < 1.29 is 4.42 Å². The summed E-state index contributed by atoms with van der Waals surface area (Å²) in [6.07, 6.45) is 2.28. The van der Waals surface area contributed by atoms with Gasteiger partial charge in [-0.15, -0.1) is 0 Å². The van der Waals surface area contributed by atoms with E-state index in [1.807, 2.05) is 6.07 Å². The number of benzene rings is 1. The summed E-state index contributed by atoms with van der Waals surface area (Å²) in [6, 6.07) is 6.06.